The minimum Gasteiger partial charge on any atom is -0.438 e. The third-order valence-electron chi connectivity index (χ3n) is 3.75. The third-order valence-corrected chi connectivity index (χ3v) is 4.86. The Kier molecular flexibility index (Phi) is 3.39. The number of aromatic nitrogens is 1. The van der Waals surface area contributed by atoms with Gasteiger partial charge in [-0.05, 0) is 62.8 Å². The van der Waals surface area contributed by atoms with E-state index in [-0.39, 0.29) is 0 Å². The van der Waals surface area contributed by atoms with Crippen LogP contribution >= 0.6 is 38.5 Å². The lowest BCUT2D eigenvalue weighted by Crippen LogP contribution is -2.42. The lowest BCUT2D eigenvalue weighted by Gasteiger charge is -2.38. The monoisotopic (exact) mass is 471 g/mol. The second-order valence-electron chi connectivity index (χ2n) is 5.21. The predicted molar refractivity (Wildman–Crippen MR) is 94.4 cm³/mol. The molecule has 0 aliphatic carbocycles. The van der Waals surface area contributed by atoms with E-state index in [2.05, 4.69) is 49.6 Å². The summed E-state index contributed by atoms with van der Waals surface area (Å²) < 4.78 is 13.6. The Morgan fingerprint density at radius 1 is 1.27 bits per heavy atom. The standard InChI is InChI=1S/C15H11BrIN3O2/c16-8-3-11-14(19-5-8)22-12-2-1-9(17)4-10(12)15(11)7-21-6-13(18)20-15/h1-5H,6-7H2,(H2,18,20). The molecule has 0 fully saturated rings. The Bertz CT molecular complexity index is 758. The van der Waals surface area contributed by atoms with Crippen molar-refractivity contribution in [3.05, 3.63) is 49.6 Å². The van der Waals surface area contributed by atoms with Gasteiger partial charge in [-0.3, -0.25) is 4.99 Å². The maximum atomic E-state index is 5.98. The summed E-state index contributed by atoms with van der Waals surface area (Å²) in [5, 5.41) is 0. The summed E-state index contributed by atoms with van der Waals surface area (Å²) in [7, 11) is 0. The number of benzene rings is 1. The predicted octanol–water partition coefficient (Wildman–Crippen LogP) is 3.19. The quantitative estimate of drug-likeness (QED) is 0.599. The average Bonchev–Trinajstić information content (AvgIpc) is 2.49. The van der Waals surface area contributed by atoms with Crippen molar-refractivity contribution in [1.82, 2.24) is 4.98 Å². The SMILES string of the molecule is NC1=NC2(COC1)c1cc(I)ccc1Oc1ncc(Br)cc12. The van der Waals surface area contributed by atoms with Gasteiger partial charge in [-0.2, -0.15) is 0 Å². The first-order valence-electron chi connectivity index (χ1n) is 6.64. The molecule has 1 unspecified atom stereocenters. The van der Waals surface area contributed by atoms with Crippen molar-refractivity contribution in [3.63, 3.8) is 0 Å². The molecule has 5 nitrogen and oxygen atoms in total. The molecule has 0 amide bonds. The van der Waals surface area contributed by atoms with Gasteiger partial charge in [-0.15, -0.1) is 0 Å². The third kappa shape index (κ3) is 2.14. The zero-order chi connectivity index (χ0) is 15.3. The van der Waals surface area contributed by atoms with Gasteiger partial charge in [0, 0.05) is 19.8 Å². The molecule has 2 aliphatic heterocycles. The van der Waals surface area contributed by atoms with Gasteiger partial charge in [0.15, 0.2) is 0 Å². The van der Waals surface area contributed by atoms with E-state index < -0.39 is 5.54 Å². The van der Waals surface area contributed by atoms with Gasteiger partial charge >= 0.3 is 0 Å². The molecule has 2 aliphatic rings. The van der Waals surface area contributed by atoms with Crippen molar-refractivity contribution >= 4 is 44.4 Å². The normalized spacial score (nSPS) is 22.5. The van der Waals surface area contributed by atoms with Gasteiger partial charge in [0.05, 0.1) is 12.2 Å². The van der Waals surface area contributed by atoms with Gasteiger partial charge in [0.2, 0.25) is 5.88 Å². The molecule has 7 heteroatoms. The van der Waals surface area contributed by atoms with Crippen LogP contribution in [-0.4, -0.2) is 24.0 Å². The summed E-state index contributed by atoms with van der Waals surface area (Å²) in [5.74, 6) is 1.76. The van der Waals surface area contributed by atoms with Gasteiger partial charge in [-0.1, -0.05) is 0 Å². The summed E-state index contributed by atoms with van der Waals surface area (Å²) in [4.78, 5) is 9.14. The highest BCUT2D eigenvalue weighted by atomic mass is 127. The van der Waals surface area contributed by atoms with Gasteiger partial charge in [-0.25, -0.2) is 4.98 Å². The van der Waals surface area contributed by atoms with E-state index in [0.717, 1.165) is 24.9 Å². The van der Waals surface area contributed by atoms with Crippen LogP contribution in [0.2, 0.25) is 0 Å². The van der Waals surface area contributed by atoms with Crippen molar-refractivity contribution in [3.8, 4) is 11.6 Å². The Hall–Kier alpha value is -1.19. The molecule has 0 bridgehead atoms. The number of amidine groups is 1. The molecule has 0 radical (unpaired) electrons. The number of aliphatic imine (C=N–C) groups is 1. The van der Waals surface area contributed by atoms with E-state index in [1.165, 1.54) is 0 Å². The lowest BCUT2D eigenvalue weighted by molar-refractivity contribution is 0.109. The zero-order valence-corrected chi connectivity index (χ0v) is 15.1. The number of nitrogens with two attached hydrogens (primary N) is 1. The minimum atomic E-state index is -0.705. The van der Waals surface area contributed by atoms with Crippen molar-refractivity contribution in [1.29, 1.82) is 0 Å². The number of pyridine rings is 1. The van der Waals surface area contributed by atoms with Crippen LogP contribution in [0.4, 0.5) is 0 Å². The number of nitrogens with zero attached hydrogens (tertiary/aromatic N) is 2. The largest absolute Gasteiger partial charge is 0.438 e. The molecule has 1 spiro atoms. The van der Waals surface area contributed by atoms with Crippen molar-refractivity contribution < 1.29 is 9.47 Å². The van der Waals surface area contributed by atoms with E-state index in [1.54, 1.807) is 6.20 Å². The summed E-state index contributed by atoms with van der Waals surface area (Å²) in [6.07, 6.45) is 1.71. The molecule has 0 saturated carbocycles. The topological polar surface area (TPSA) is 69.7 Å². The molecule has 22 heavy (non-hydrogen) atoms. The van der Waals surface area contributed by atoms with Gasteiger partial charge in [0.1, 0.15) is 23.7 Å². The zero-order valence-electron chi connectivity index (χ0n) is 11.3. The second-order valence-corrected chi connectivity index (χ2v) is 7.37. The molecule has 112 valence electrons. The summed E-state index contributed by atoms with van der Waals surface area (Å²) in [6, 6.07) is 7.96. The highest BCUT2D eigenvalue weighted by Crippen LogP contribution is 2.50. The molecule has 2 N–H and O–H groups in total. The Morgan fingerprint density at radius 2 is 2.14 bits per heavy atom. The fraction of sp³-hybridized carbons (Fsp3) is 0.200. The number of fused-ring (bicyclic) bond motifs is 4. The molecular weight excluding hydrogens is 461 g/mol. The van der Waals surface area contributed by atoms with E-state index in [4.69, 9.17) is 20.2 Å². The highest BCUT2D eigenvalue weighted by Gasteiger charge is 2.45. The van der Waals surface area contributed by atoms with Crippen LogP contribution in [0.3, 0.4) is 0 Å². The molecular formula is C15H11BrIN3O2. The van der Waals surface area contributed by atoms with Crippen LogP contribution in [0.25, 0.3) is 0 Å². The first-order chi connectivity index (χ1) is 10.6. The molecule has 3 heterocycles. The summed E-state index contributed by atoms with van der Waals surface area (Å²) in [6.45, 7) is 0.758. The molecule has 4 rings (SSSR count). The number of hydrogen-bond acceptors (Lipinski definition) is 5. The molecule has 2 aromatic rings. The number of halogens is 2. The summed E-state index contributed by atoms with van der Waals surface area (Å²) in [5.41, 5.74) is 7.09. The number of rotatable bonds is 0. The van der Waals surface area contributed by atoms with Crippen LogP contribution in [-0.2, 0) is 10.3 Å². The highest BCUT2D eigenvalue weighted by molar-refractivity contribution is 14.1. The van der Waals surface area contributed by atoms with Gasteiger partial charge in [0.25, 0.3) is 0 Å². The minimum absolute atomic E-state index is 0.346. The number of ether oxygens (including phenoxy) is 2. The average molecular weight is 472 g/mol. The number of hydrogen-bond donors (Lipinski definition) is 1. The van der Waals surface area contributed by atoms with E-state index in [1.807, 2.05) is 18.2 Å². The van der Waals surface area contributed by atoms with E-state index in [9.17, 15) is 0 Å². The first-order valence-corrected chi connectivity index (χ1v) is 8.51. The van der Waals surface area contributed by atoms with Crippen molar-refractivity contribution in [2.75, 3.05) is 13.2 Å². The molecule has 0 saturated heterocycles. The first kappa shape index (κ1) is 14.4. The smallest absolute Gasteiger partial charge is 0.225 e. The van der Waals surface area contributed by atoms with Gasteiger partial charge < -0.3 is 15.2 Å². The fourth-order valence-corrected chi connectivity index (χ4v) is 3.68. The molecule has 1 atom stereocenters. The van der Waals surface area contributed by atoms with Crippen molar-refractivity contribution in [2.24, 2.45) is 10.7 Å². The molecule has 1 aromatic carbocycles. The maximum Gasteiger partial charge on any atom is 0.225 e. The Labute approximate surface area is 149 Å². The second kappa shape index (κ2) is 5.17. The Morgan fingerprint density at radius 3 is 2.95 bits per heavy atom. The van der Waals surface area contributed by atoms with Crippen LogP contribution in [0.1, 0.15) is 11.1 Å². The van der Waals surface area contributed by atoms with E-state index in [0.29, 0.717) is 24.9 Å². The van der Waals surface area contributed by atoms with Crippen LogP contribution < -0.4 is 10.5 Å². The molecule has 1 aromatic heterocycles. The lowest BCUT2D eigenvalue weighted by atomic mass is 9.82. The maximum absolute atomic E-state index is 5.98. The van der Waals surface area contributed by atoms with Crippen LogP contribution in [0, 0.1) is 3.57 Å². The summed E-state index contributed by atoms with van der Waals surface area (Å²) >= 11 is 5.75. The fourth-order valence-electron chi connectivity index (χ4n) is 2.86. The van der Waals surface area contributed by atoms with Crippen LogP contribution in [0.5, 0.6) is 11.6 Å². The van der Waals surface area contributed by atoms with Crippen molar-refractivity contribution in [2.45, 2.75) is 5.54 Å². The van der Waals surface area contributed by atoms with E-state index >= 15 is 0 Å². The Balaban J connectivity index is 2.05. The van der Waals surface area contributed by atoms with Crippen LogP contribution in [0.15, 0.2) is 39.9 Å².